The third-order valence-electron chi connectivity index (χ3n) is 7.86. The Morgan fingerprint density at radius 2 is 1.49 bits per heavy atom. The van der Waals surface area contributed by atoms with Crippen LogP contribution in [0.15, 0.2) is 66.9 Å². The Balaban J connectivity index is 1.05. The van der Waals surface area contributed by atoms with E-state index < -0.39 is 0 Å². The average molecular weight is 549 g/mol. The van der Waals surface area contributed by atoms with E-state index >= 15 is 0 Å². The largest absolute Gasteiger partial charge is 0.490 e. The van der Waals surface area contributed by atoms with Gasteiger partial charge in [-0.25, -0.2) is 4.85 Å². The van der Waals surface area contributed by atoms with Gasteiger partial charge >= 0.3 is 0 Å². The number of hydrogen-bond acceptors (Lipinski definition) is 6. The van der Waals surface area contributed by atoms with Crippen molar-refractivity contribution in [2.45, 2.75) is 57.2 Å². The fraction of sp³-hybridized carbons (Fsp3) is 0.364. The monoisotopic (exact) mass is 548 g/mol. The molecule has 3 aromatic rings. The molecule has 2 fully saturated rings. The smallest absolute Gasteiger partial charge is 0.272 e. The van der Waals surface area contributed by atoms with Crippen LogP contribution >= 0.6 is 0 Å². The molecule has 0 spiro atoms. The number of pyridine rings is 1. The minimum Gasteiger partial charge on any atom is -0.490 e. The van der Waals surface area contributed by atoms with Gasteiger partial charge in [0.05, 0.1) is 24.3 Å². The summed E-state index contributed by atoms with van der Waals surface area (Å²) >= 11 is 0. The first-order valence-corrected chi connectivity index (χ1v) is 14.1. The van der Waals surface area contributed by atoms with E-state index in [1.54, 1.807) is 53.4 Å². The van der Waals surface area contributed by atoms with Crippen LogP contribution in [0.2, 0.25) is 0 Å². The molecule has 0 radical (unpaired) electrons. The topological polar surface area (TPSA) is 96.9 Å². The lowest BCUT2D eigenvalue weighted by Gasteiger charge is -2.32. The van der Waals surface area contributed by atoms with E-state index in [0.29, 0.717) is 60.8 Å². The fourth-order valence-corrected chi connectivity index (χ4v) is 5.45. The molecule has 8 heteroatoms. The predicted molar refractivity (Wildman–Crippen MR) is 153 cm³/mol. The summed E-state index contributed by atoms with van der Waals surface area (Å²) in [6.07, 6.45) is 7.18. The number of hydrogen-bond donors (Lipinski definition) is 0. The van der Waals surface area contributed by atoms with Crippen LogP contribution < -0.4 is 9.47 Å². The van der Waals surface area contributed by atoms with Gasteiger partial charge in [-0.1, -0.05) is 12.1 Å². The molecule has 5 rings (SSSR count). The second-order valence-corrected chi connectivity index (χ2v) is 10.7. The number of aromatic nitrogens is 1. The highest BCUT2D eigenvalue weighted by Gasteiger charge is 2.27. The molecule has 208 valence electrons. The lowest BCUT2D eigenvalue weighted by molar-refractivity contribution is 0.0589. The number of benzene rings is 2. The molecule has 8 nitrogen and oxygen atoms in total. The molecule has 0 N–H and O–H groups in total. The third kappa shape index (κ3) is 7.29. The van der Waals surface area contributed by atoms with Gasteiger partial charge in [-0.2, -0.15) is 5.26 Å². The van der Waals surface area contributed by atoms with Crippen LogP contribution in [0.25, 0.3) is 4.85 Å². The van der Waals surface area contributed by atoms with Crippen molar-refractivity contribution in [1.29, 1.82) is 5.26 Å². The Bertz CT molecular complexity index is 1420. The number of rotatable bonds is 8. The highest BCUT2D eigenvalue weighted by Crippen LogP contribution is 2.31. The molecule has 2 aliphatic rings. The Morgan fingerprint density at radius 1 is 0.878 bits per heavy atom. The van der Waals surface area contributed by atoms with Crippen LogP contribution in [0.1, 0.15) is 71.4 Å². The van der Waals surface area contributed by atoms with Gasteiger partial charge in [-0.05, 0) is 80.1 Å². The number of ketones is 1. The summed E-state index contributed by atoms with van der Waals surface area (Å²) in [5.41, 5.74) is 2.07. The van der Waals surface area contributed by atoms with E-state index in [0.717, 1.165) is 37.2 Å². The van der Waals surface area contributed by atoms with Gasteiger partial charge in [0.15, 0.2) is 11.5 Å². The molecule has 1 aliphatic heterocycles. The Hall–Kier alpha value is -4.69. The first-order valence-electron chi connectivity index (χ1n) is 14.1. The predicted octanol–water partition coefficient (Wildman–Crippen LogP) is 6.40. The Morgan fingerprint density at radius 3 is 2.05 bits per heavy atom. The number of likely N-dealkylation sites (tertiary alicyclic amines) is 1. The maximum Gasteiger partial charge on any atom is 0.272 e. The van der Waals surface area contributed by atoms with Crippen LogP contribution in [0.5, 0.6) is 11.5 Å². The van der Waals surface area contributed by atoms with Crippen molar-refractivity contribution in [3.63, 3.8) is 0 Å². The molecule has 0 atom stereocenters. The number of ether oxygens (including phenoxy) is 2. The molecular weight excluding hydrogens is 516 g/mol. The normalized spacial score (nSPS) is 19.0. The standard InChI is InChI=1S/C33H32N4O4/c1-35-26-7-13-29(14-8-26)41-30-16-18-37(19-17-30)33(39)31-15-6-25(22-36-31)32(38)20-23-2-9-27(10-3-23)40-28-11-4-24(21-34)5-12-28/h4-8,11-15,22-23,27,30H,2-3,9-10,16-20H2. The van der Waals surface area contributed by atoms with E-state index in [4.69, 9.17) is 21.3 Å². The second kappa shape index (κ2) is 13.1. The molecule has 0 bridgehead atoms. The average Bonchev–Trinajstić information content (AvgIpc) is 3.03. The van der Waals surface area contributed by atoms with E-state index in [9.17, 15) is 9.59 Å². The van der Waals surface area contributed by atoms with Crippen molar-refractivity contribution in [1.82, 2.24) is 9.88 Å². The lowest BCUT2D eigenvalue weighted by Crippen LogP contribution is -2.42. The zero-order chi connectivity index (χ0) is 28.6. The van der Waals surface area contributed by atoms with E-state index in [1.165, 1.54) is 6.20 Å². The maximum absolute atomic E-state index is 13.0. The minimum atomic E-state index is -0.135. The SMILES string of the molecule is [C-]#[N+]c1ccc(OC2CCN(C(=O)c3ccc(C(=O)CC4CCC(Oc5ccc(C#N)cc5)CC4)cn3)CC2)cc1. The van der Waals surface area contributed by atoms with Crippen LogP contribution in [0, 0.1) is 23.8 Å². The summed E-state index contributed by atoms with van der Waals surface area (Å²) in [6.45, 7) is 8.19. The first-order chi connectivity index (χ1) is 20.0. The summed E-state index contributed by atoms with van der Waals surface area (Å²) in [4.78, 5) is 35.4. The first kappa shape index (κ1) is 27.9. The van der Waals surface area contributed by atoms with E-state index in [-0.39, 0.29) is 23.9 Å². The summed E-state index contributed by atoms with van der Waals surface area (Å²) in [5, 5.41) is 8.93. The molecule has 1 aliphatic carbocycles. The summed E-state index contributed by atoms with van der Waals surface area (Å²) in [6, 6.07) is 19.7. The summed E-state index contributed by atoms with van der Waals surface area (Å²) in [5.74, 6) is 1.72. The van der Waals surface area contributed by atoms with Crippen molar-refractivity contribution in [2.75, 3.05) is 13.1 Å². The van der Waals surface area contributed by atoms with Crippen molar-refractivity contribution in [3.8, 4) is 17.6 Å². The van der Waals surface area contributed by atoms with Crippen LogP contribution in [0.4, 0.5) is 5.69 Å². The molecular formula is C33H32N4O4. The van der Waals surface area contributed by atoms with Crippen LogP contribution in [-0.2, 0) is 0 Å². The van der Waals surface area contributed by atoms with Crippen molar-refractivity contribution in [3.05, 3.63) is 95.1 Å². The van der Waals surface area contributed by atoms with Crippen LogP contribution in [-0.4, -0.2) is 46.9 Å². The van der Waals surface area contributed by atoms with Gasteiger partial charge in [0.25, 0.3) is 5.91 Å². The molecule has 1 amide bonds. The summed E-state index contributed by atoms with van der Waals surface area (Å²) in [7, 11) is 0. The zero-order valence-corrected chi connectivity index (χ0v) is 22.9. The fourth-order valence-electron chi connectivity index (χ4n) is 5.45. The number of amides is 1. The molecule has 2 heterocycles. The van der Waals surface area contributed by atoms with Gasteiger partial charge in [0.1, 0.15) is 23.3 Å². The van der Waals surface area contributed by atoms with Gasteiger partial charge < -0.3 is 14.4 Å². The van der Waals surface area contributed by atoms with E-state index in [2.05, 4.69) is 15.9 Å². The number of carbonyl (C=O) groups excluding carboxylic acids is 2. The minimum absolute atomic E-state index is 0.0170. The molecule has 41 heavy (non-hydrogen) atoms. The van der Waals surface area contributed by atoms with Gasteiger partial charge in [-0.15, -0.1) is 0 Å². The van der Waals surface area contributed by atoms with Gasteiger partial charge in [0, 0.05) is 44.1 Å². The van der Waals surface area contributed by atoms with Gasteiger partial charge in [-0.3, -0.25) is 14.6 Å². The van der Waals surface area contributed by atoms with Crippen molar-refractivity contribution in [2.24, 2.45) is 5.92 Å². The molecule has 1 saturated carbocycles. The zero-order valence-electron chi connectivity index (χ0n) is 22.9. The number of piperidine rings is 1. The highest BCUT2D eigenvalue weighted by molar-refractivity contribution is 5.97. The third-order valence-corrected chi connectivity index (χ3v) is 7.86. The molecule has 2 aromatic carbocycles. The number of carbonyl (C=O) groups is 2. The molecule has 1 saturated heterocycles. The molecule has 1 aromatic heterocycles. The Kier molecular flexibility index (Phi) is 8.91. The van der Waals surface area contributed by atoms with Gasteiger partial charge in [0.2, 0.25) is 0 Å². The number of Topliss-reactive ketones (excluding diaryl/α,β-unsaturated/α-hetero) is 1. The Labute approximate surface area is 240 Å². The van der Waals surface area contributed by atoms with E-state index in [1.807, 2.05) is 12.1 Å². The van der Waals surface area contributed by atoms with Crippen molar-refractivity contribution >= 4 is 17.4 Å². The van der Waals surface area contributed by atoms with Crippen LogP contribution in [0.3, 0.4) is 0 Å². The maximum atomic E-state index is 13.0. The quantitative estimate of drug-likeness (QED) is 0.239. The number of nitrogens with zero attached hydrogens (tertiary/aromatic N) is 4. The highest BCUT2D eigenvalue weighted by atomic mass is 16.5. The van der Waals surface area contributed by atoms with Crippen molar-refractivity contribution < 1.29 is 19.1 Å². The second-order valence-electron chi connectivity index (χ2n) is 10.7. The number of nitriles is 1. The lowest BCUT2D eigenvalue weighted by atomic mass is 9.83. The molecule has 0 unspecified atom stereocenters. The summed E-state index contributed by atoms with van der Waals surface area (Å²) < 4.78 is 12.1.